The van der Waals surface area contributed by atoms with E-state index in [0.29, 0.717) is 0 Å². The summed E-state index contributed by atoms with van der Waals surface area (Å²) in [7, 11) is 0. The van der Waals surface area contributed by atoms with Crippen molar-refractivity contribution in [1.29, 1.82) is 0 Å². The molecule has 0 fully saturated rings. The van der Waals surface area contributed by atoms with Crippen molar-refractivity contribution < 1.29 is 0 Å². The van der Waals surface area contributed by atoms with E-state index in [0.717, 1.165) is 10.8 Å². The Hall–Kier alpha value is -1.43. The number of rotatable bonds is 2. The molecule has 1 aromatic carbocycles. The Morgan fingerprint density at radius 2 is 2.00 bits per heavy atom. The minimum absolute atomic E-state index is 0.718. The molecule has 0 unspecified atom stereocenters. The quantitative estimate of drug-likeness (QED) is 0.539. The molecule has 0 saturated heterocycles. The minimum atomic E-state index is 0.718. The van der Waals surface area contributed by atoms with Crippen LogP contribution in [-0.4, -0.2) is 4.98 Å². The van der Waals surface area contributed by atoms with Gasteiger partial charge in [-0.1, -0.05) is 18.2 Å². The molecule has 0 bridgehead atoms. The molecule has 3 N–H and O–H groups in total. The second kappa shape index (κ2) is 3.86. The number of thiophene rings is 1. The molecule has 0 radical (unpaired) electrons. The Morgan fingerprint density at radius 3 is 2.81 bits per heavy atom. The molecule has 3 nitrogen and oxygen atoms in total. The summed E-state index contributed by atoms with van der Waals surface area (Å²) in [4.78, 5) is 4.41. The Morgan fingerprint density at radius 1 is 1.12 bits per heavy atom. The molecule has 2 aromatic heterocycles. The van der Waals surface area contributed by atoms with Crippen molar-refractivity contribution in [2.24, 2.45) is 5.84 Å². The van der Waals surface area contributed by atoms with E-state index in [1.54, 1.807) is 22.7 Å². The van der Waals surface area contributed by atoms with Gasteiger partial charge in [-0.25, -0.2) is 10.8 Å². The average Bonchev–Trinajstić information content (AvgIpc) is 2.94. The summed E-state index contributed by atoms with van der Waals surface area (Å²) in [6.45, 7) is 0. The standard InChI is InChI=1S/C11H9N3S2/c12-14-10-6-16-11(13-10)8-5-15-9-4-2-1-3-7(8)9/h1-6,14H,12H2. The van der Waals surface area contributed by atoms with Crippen LogP contribution in [0.2, 0.25) is 0 Å². The van der Waals surface area contributed by atoms with Gasteiger partial charge in [-0.15, -0.1) is 22.7 Å². The van der Waals surface area contributed by atoms with Gasteiger partial charge in [0.2, 0.25) is 0 Å². The van der Waals surface area contributed by atoms with E-state index in [4.69, 9.17) is 5.84 Å². The lowest BCUT2D eigenvalue weighted by Gasteiger charge is -1.93. The van der Waals surface area contributed by atoms with Crippen LogP contribution in [0.25, 0.3) is 20.7 Å². The van der Waals surface area contributed by atoms with E-state index < -0.39 is 0 Å². The monoisotopic (exact) mass is 247 g/mol. The van der Waals surface area contributed by atoms with Gasteiger partial charge >= 0.3 is 0 Å². The van der Waals surface area contributed by atoms with Crippen LogP contribution >= 0.6 is 22.7 Å². The van der Waals surface area contributed by atoms with Crippen LogP contribution in [0.15, 0.2) is 35.0 Å². The summed E-state index contributed by atoms with van der Waals surface area (Å²) in [5, 5.41) is 6.32. The first-order valence-electron chi connectivity index (χ1n) is 4.77. The van der Waals surface area contributed by atoms with Gasteiger partial charge in [0, 0.05) is 26.4 Å². The number of benzene rings is 1. The summed E-state index contributed by atoms with van der Waals surface area (Å²) in [5.74, 6) is 6.04. The van der Waals surface area contributed by atoms with Crippen LogP contribution in [-0.2, 0) is 0 Å². The second-order valence-corrected chi connectivity index (χ2v) is 5.10. The number of nitrogens with zero attached hydrogens (tertiary/aromatic N) is 1. The highest BCUT2D eigenvalue weighted by atomic mass is 32.1. The van der Waals surface area contributed by atoms with Gasteiger partial charge in [0.25, 0.3) is 0 Å². The highest BCUT2D eigenvalue weighted by Crippen LogP contribution is 2.35. The van der Waals surface area contributed by atoms with Crippen LogP contribution < -0.4 is 11.3 Å². The number of nitrogen functional groups attached to an aromatic ring is 1. The predicted molar refractivity (Wildman–Crippen MR) is 70.7 cm³/mol. The number of thiazole rings is 1. The third-order valence-electron chi connectivity index (χ3n) is 2.36. The number of hydrogen-bond acceptors (Lipinski definition) is 5. The lowest BCUT2D eigenvalue weighted by atomic mass is 10.2. The number of hydrazine groups is 1. The molecule has 0 saturated carbocycles. The number of fused-ring (bicyclic) bond motifs is 1. The van der Waals surface area contributed by atoms with Crippen LogP contribution in [0.4, 0.5) is 5.82 Å². The topological polar surface area (TPSA) is 50.9 Å². The van der Waals surface area contributed by atoms with Crippen LogP contribution in [0.5, 0.6) is 0 Å². The molecule has 0 amide bonds. The number of nitrogens with one attached hydrogen (secondary N) is 1. The van der Waals surface area contributed by atoms with E-state index in [1.165, 1.54) is 15.6 Å². The Labute approximate surface area is 101 Å². The fourth-order valence-corrected chi connectivity index (χ4v) is 3.42. The average molecular weight is 247 g/mol. The van der Waals surface area contributed by atoms with E-state index in [-0.39, 0.29) is 0 Å². The first-order valence-corrected chi connectivity index (χ1v) is 6.53. The van der Waals surface area contributed by atoms with E-state index in [1.807, 2.05) is 11.4 Å². The molecule has 3 rings (SSSR count). The predicted octanol–water partition coefficient (Wildman–Crippen LogP) is 3.31. The maximum Gasteiger partial charge on any atom is 0.151 e. The first kappa shape index (κ1) is 9.77. The van der Waals surface area contributed by atoms with E-state index >= 15 is 0 Å². The summed E-state index contributed by atoms with van der Waals surface area (Å²) in [6, 6.07) is 8.35. The molecule has 3 aromatic rings. The van der Waals surface area contributed by atoms with Crippen molar-refractivity contribution in [1.82, 2.24) is 4.98 Å². The summed E-state index contributed by atoms with van der Waals surface area (Å²) in [5.41, 5.74) is 3.75. The molecule has 2 heterocycles. The molecule has 0 aliphatic rings. The van der Waals surface area contributed by atoms with Crippen LogP contribution in [0.1, 0.15) is 0 Å². The van der Waals surface area contributed by atoms with E-state index in [9.17, 15) is 0 Å². The zero-order chi connectivity index (χ0) is 11.0. The van der Waals surface area contributed by atoms with Crippen molar-refractivity contribution in [2.75, 3.05) is 5.43 Å². The van der Waals surface area contributed by atoms with Crippen molar-refractivity contribution >= 4 is 38.6 Å². The molecule has 16 heavy (non-hydrogen) atoms. The Bertz CT molecular complexity index is 627. The zero-order valence-corrected chi connectivity index (χ0v) is 9.94. The minimum Gasteiger partial charge on any atom is -0.308 e. The zero-order valence-electron chi connectivity index (χ0n) is 8.31. The summed E-state index contributed by atoms with van der Waals surface area (Å²) < 4.78 is 1.29. The smallest absolute Gasteiger partial charge is 0.151 e. The molecule has 0 atom stereocenters. The van der Waals surface area contributed by atoms with Crippen LogP contribution in [0, 0.1) is 0 Å². The van der Waals surface area contributed by atoms with Gasteiger partial charge in [-0.3, -0.25) is 0 Å². The van der Waals surface area contributed by atoms with E-state index in [2.05, 4.69) is 34.0 Å². The number of anilines is 1. The molecule has 0 aliphatic carbocycles. The third-order valence-corrected chi connectivity index (χ3v) is 4.20. The fraction of sp³-hybridized carbons (Fsp3) is 0. The van der Waals surface area contributed by atoms with Gasteiger partial charge in [-0.2, -0.15) is 0 Å². The lowest BCUT2D eigenvalue weighted by Crippen LogP contribution is -2.06. The molecule has 5 heteroatoms. The molecule has 80 valence electrons. The number of hydrogen-bond donors (Lipinski definition) is 2. The summed E-state index contributed by atoms with van der Waals surface area (Å²) in [6.07, 6.45) is 0. The normalized spacial score (nSPS) is 10.8. The highest BCUT2D eigenvalue weighted by molar-refractivity contribution is 7.19. The maximum atomic E-state index is 5.33. The molecule has 0 spiro atoms. The van der Waals surface area contributed by atoms with Crippen molar-refractivity contribution in [3.63, 3.8) is 0 Å². The van der Waals surface area contributed by atoms with Crippen molar-refractivity contribution in [2.45, 2.75) is 0 Å². The van der Waals surface area contributed by atoms with Crippen LogP contribution in [0.3, 0.4) is 0 Å². The van der Waals surface area contributed by atoms with Crippen molar-refractivity contribution in [3.8, 4) is 10.6 Å². The Balaban J connectivity index is 2.18. The molecule has 0 aliphatic heterocycles. The van der Waals surface area contributed by atoms with Gasteiger partial charge in [-0.05, 0) is 6.07 Å². The fourth-order valence-electron chi connectivity index (χ4n) is 1.61. The first-order chi connectivity index (χ1) is 7.88. The third kappa shape index (κ3) is 1.49. The Kier molecular flexibility index (Phi) is 2.36. The number of nitrogens with two attached hydrogens (primary N) is 1. The lowest BCUT2D eigenvalue weighted by molar-refractivity contribution is 1.27. The summed E-state index contributed by atoms with van der Waals surface area (Å²) >= 11 is 3.34. The molecular formula is C11H9N3S2. The maximum absolute atomic E-state index is 5.33. The van der Waals surface area contributed by atoms with Gasteiger partial charge in [0.05, 0.1) is 0 Å². The highest BCUT2D eigenvalue weighted by Gasteiger charge is 2.09. The molecular weight excluding hydrogens is 238 g/mol. The van der Waals surface area contributed by atoms with Gasteiger partial charge < -0.3 is 5.43 Å². The largest absolute Gasteiger partial charge is 0.308 e. The SMILES string of the molecule is NNc1csc(-c2csc3ccccc23)n1. The van der Waals surface area contributed by atoms with Crippen molar-refractivity contribution in [3.05, 3.63) is 35.0 Å². The van der Waals surface area contributed by atoms with Gasteiger partial charge in [0.15, 0.2) is 5.82 Å². The second-order valence-electron chi connectivity index (χ2n) is 3.33. The van der Waals surface area contributed by atoms with Gasteiger partial charge in [0.1, 0.15) is 5.01 Å². The number of aromatic nitrogens is 1.